The molecule has 0 aliphatic carbocycles. The maximum Gasteiger partial charge on any atom is 0.286 e. The van der Waals surface area contributed by atoms with E-state index in [4.69, 9.17) is 18.9 Å². The number of nitrogens with zero attached hydrogens (tertiary/aromatic N) is 2. The molecular formula is C20H20N2O7. The number of hydrogen-bond acceptors (Lipinski definition) is 7. The number of nitro groups is 1. The highest BCUT2D eigenvalue weighted by Gasteiger charge is 2.29. The highest BCUT2D eigenvalue weighted by molar-refractivity contribution is 5.99. The fraction of sp³-hybridized carbons (Fsp3) is 0.350. The van der Waals surface area contributed by atoms with Gasteiger partial charge in [0.05, 0.1) is 11.0 Å². The normalized spacial score (nSPS) is 14.2. The lowest BCUT2D eigenvalue weighted by atomic mass is 10.1. The standard InChI is InChI=1S/C20H20N2O7/c1-2-21(12-13-4-3-5-16-19(13)29-9-8-26-16)20(23)14-10-17-18(28-7-6-27-17)11-15(14)22(24)25/h3-5,10-11H,2,6-9,12H2,1H3. The van der Waals surface area contributed by atoms with E-state index in [9.17, 15) is 14.9 Å². The van der Waals surface area contributed by atoms with Gasteiger partial charge in [-0.15, -0.1) is 0 Å². The largest absolute Gasteiger partial charge is 0.486 e. The Hall–Kier alpha value is -3.49. The van der Waals surface area contributed by atoms with E-state index in [-0.39, 0.29) is 23.5 Å². The molecule has 2 aliphatic rings. The third-order valence-corrected chi connectivity index (χ3v) is 4.77. The van der Waals surface area contributed by atoms with Crippen molar-refractivity contribution < 1.29 is 28.7 Å². The van der Waals surface area contributed by atoms with Crippen LogP contribution in [0.15, 0.2) is 30.3 Å². The Balaban J connectivity index is 1.67. The Labute approximate surface area is 166 Å². The van der Waals surface area contributed by atoms with Crippen LogP contribution in [0, 0.1) is 10.1 Å². The first kappa shape index (κ1) is 18.9. The molecule has 2 aromatic carbocycles. The lowest BCUT2D eigenvalue weighted by Gasteiger charge is -2.26. The van der Waals surface area contributed by atoms with Crippen molar-refractivity contribution in [2.45, 2.75) is 13.5 Å². The first-order valence-corrected chi connectivity index (χ1v) is 9.33. The molecule has 0 saturated heterocycles. The quantitative estimate of drug-likeness (QED) is 0.562. The second kappa shape index (κ2) is 7.86. The predicted molar refractivity (Wildman–Crippen MR) is 102 cm³/mol. The Morgan fingerprint density at radius 1 is 1.03 bits per heavy atom. The summed E-state index contributed by atoms with van der Waals surface area (Å²) in [6.45, 7) is 3.92. The molecule has 4 rings (SSSR count). The number of nitro benzene ring substituents is 1. The number of carbonyl (C=O) groups excluding carboxylic acids is 1. The number of fused-ring (bicyclic) bond motifs is 2. The van der Waals surface area contributed by atoms with Crippen LogP contribution in [0.1, 0.15) is 22.8 Å². The summed E-state index contributed by atoms with van der Waals surface area (Å²) < 4.78 is 22.2. The summed E-state index contributed by atoms with van der Waals surface area (Å²) in [6, 6.07) is 8.12. The van der Waals surface area contributed by atoms with Crippen LogP contribution in [0.2, 0.25) is 0 Å². The third-order valence-electron chi connectivity index (χ3n) is 4.77. The van der Waals surface area contributed by atoms with Crippen LogP contribution in [-0.4, -0.2) is 48.7 Å². The number of hydrogen-bond donors (Lipinski definition) is 0. The molecule has 0 atom stereocenters. The minimum absolute atomic E-state index is 0.0388. The summed E-state index contributed by atoms with van der Waals surface area (Å²) in [6.07, 6.45) is 0. The van der Waals surface area contributed by atoms with Gasteiger partial charge in [0.1, 0.15) is 32.0 Å². The highest BCUT2D eigenvalue weighted by Crippen LogP contribution is 2.38. The molecule has 0 unspecified atom stereocenters. The molecule has 0 spiro atoms. The Bertz CT molecular complexity index is 960. The number of amides is 1. The number of carbonyl (C=O) groups is 1. The van der Waals surface area contributed by atoms with Gasteiger partial charge in [-0.25, -0.2) is 0 Å². The molecule has 1 amide bonds. The number of benzene rings is 2. The molecule has 2 heterocycles. The van der Waals surface area contributed by atoms with E-state index in [1.807, 2.05) is 25.1 Å². The summed E-state index contributed by atoms with van der Waals surface area (Å²) in [5, 5.41) is 11.6. The second-order valence-corrected chi connectivity index (χ2v) is 6.53. The van der Waals surface area contributed by atoms with Crippen molar-refractivity contribution in [1.82, 2.24) is 4.90 Å². The first-order valence-electron chi connectivity index (χ1n) is 9.33. The van der Waals surface area contributed by atoms with Crippen LogP contribution in [-0.2, 0) is 6.54 Å². The van der Waals surface area contributed by atoms with Crippen molar-refractivity contribution in [2.75, 3.05) is 33.0 Å². The summed E-state index contributed by atoms with van der Waals surface area (Å²) in [5.74, 6) is 1.36. The lowest BCUT2D eigenvalue weighted by molar-refractivity contribution is -0.385. The van der Waals surface area contributed by atoms with E-state index in [1.54, 1.807) is 0 Å². The fourth-order valence-corrected chi connectivity index (χ4v) is 3.36. The maximum absolute atomic E-state index is 13.2. The molecule has 29 heavy (non-hydrogen) atoms. The van der Waals surface area contributed by atoms with Gasteiger partial charge in [0.25, 0.3) is 11.6 Å². The van der Waals surface area contributed by atoms with Crippen LogP contribution in [0.25, 0.3) is 0 Å². The highest BCUT2D eigenvalue weighted by atomic mass is 16.6. The molecule has 0 bridgehead atoms. The molecule has 9 nitrogen and oxygen atoms in total. The monoisotopic (exact) mass is 400 g/mol. The third kappa shape index (κ3) is 3.63. The molecule has 2 aliphatic heterocycles. The van der Waals surface area contributed by atoms with Crippen molar-refractivity contribution in [1.29, 1.82) is 0 Å². The zero-order valence-electron chi connectivity index (χ0n) is 15.9. The topological polar surface area (TPSA) is 100 Å². The fourth-order valence-electron chi connectivity index (χ4n) is 3.36. The molecule has 0 radical (unpaired) electrons. The second-order valence-electron chi connectivity index (χ2n) is 6.53. The number of para-hydroxylation sites is 1. The molecule has 0 fully saturated rings. The van der Waals surface area contributed by atoms with Crippen LogP contribution >= 0.6 is 0 Å². The first-order chi connectivity index (χ1) is 14.1. The van der Waals surface area contributed by atoms with Crippen molar-refractivity contribution in [2.24, 2.45) is 0 Å². The van der Waals surface area contributed by atoms with E-state index >= 15 is 0 Å². The summed E-state index contributed by atoms with van der Waals surface area (Å²) in [5.41, 5.74) is 0.424. The molecule has 0 saturated carbocycles. The van der Waals surface area contributed by atoms with E-state index in [0.29, 0.717) is 50.2 Å². The van der Waals surface area contributed by atoms with Gasteiger partial charge in [0.15, 0.2) is 23.0 Å². The van der Waals surface area contributed by atoms with Gasteiger partial charge >= 0.3 is 0 Å². The average molecular weight is 400 g/mol. The molecule has 0 N–H and O–H groups in total. The Kier molecular flexibility index (Phi) is 5.11. The van der Waals surface area contributed by atoms with Gasteiger partial charge in [0, 0.05) is 24.7 Å². The van der Waals surface area contributed by atoms with Crippen LogP contribution < -0.4 is 18.9 Å². The Morgan fingerprint density at radius 3 is 2.38 bits per heavy atom. The average Bonchev–Trinajstić information content (AvgIpc) is 2.76. The van der Waals surface area contributed by atoms with E-state index in [0.717, 1.165) is 5.56 Å². The maximum atomic E-state index is 13.2. The van der Waals surface area contributed by atoms with Crippen molar-refractivity contribution in [3.8, 4) is 23.0 Å². The van der Waals surface area contributed by atoms with E-state index in [2.05, 4.69) is 0 Å². The summed E-state index contributed by atoms with van der Waals surface area (Å²) >= 11 is 0. The predicted octanol–water partition coefficient (Wildman–Crippen LogP) is 2.80. The summed E-state index contributed by atoms with van der Waals surface area (Å²) in [4.78, 5) is 25.7. The summed E-state index contributed by atoms with van der Waals surface area (Å²) in [7, 11) is 0. The van der Waals surface area contributed by atoms with Gasteiger partial charge < -0.3 is 23.8 Å². The van der Waals surface area contributed by atoms with Crippen molar-refractivity contribution in [3.05, 3.63) is 51.6 Å². The van der Waals surface area contributed by atoms with Crippen LogP contribution in [0.5, 0.6) is 23.0 Å². The Morgan fingerprint density at radius 2 is 1.69 bits per heavy atom. The van der Waals surface area contributed by atoms with Gasteiger partial charge in [-0.3, -0.25) is 14.9 Å². The SMILES string of the molecule is CCN(Cc1cccc2c1OCCO2)C(=O)c1cc2c(cc1[N+](=O)[O-])OCCO2. The van der Waals surface area contributed by atoms with Gasteiger partial charge in [0.2, 0.25) is 0 Å². The smallest absolute Gasteiger partial charge is 0.286 e. The van der Waals surface area contributed by atoms with E-state index in [1.165, 1.54) is 17.0 Å². The van der Waals surface area contributed by atoms with Gasteiger partial charge in [-0.05, 0) is 13.0 Å². The van der Waals surface area contributed by atoms with Crippen molar-refractivity contribution >= 4 is 11.6 Å². The van der Waals surface area contributed by atoms with Gasteiger partial charge in [-0.2, -0.15) is 0 Å². The minimum atomic E-state index is -0.583. The molecular weight excluding hydrogens is 380 g/mol. The molecule has 2 aromatic rings. The minimum Gasteiger partial charge on any atom is -0.486 e. The number of rotatable bonds is 5. The van der Waals surface area contributed by atoms with E-state index < -0.39 is 10.8 Å². The number of ether oxygens (including phenoxy) is 4. The zero-order chi connectivity index (χ0) is 20.4. The lowest BCUT2D eigenvalue weighted by Crippen LogP contribution is -2.31. The zero-order valence-corrected chi connectivity index (χ0v) is 15.9. The van der Waals surface area contributed by atoms with Crippen LogP contribution in [0.4, 0.5) is 5.69 Å². The van der Waals surface area contributed by atoms with Crippen molar-refractivity contribution in [3.63, 3.8) is 0 Å². The van der Waals surface area contributed by atoms with Crippen LogP contribution in [0.3, 0.4) is 0 Å². The molecule has 9 heteroatoms. The molecule has 0 aromatic heterocycles. The van der Waals surface area contributed by atoms with Gasteiger partial charge in [-0.1, -0.05) is 12.1 Å². The molecule has 152 valence electrons.